The maximum absolute atomic E-state index is 5.83. The Balaban J connectivity index is 2.03. The first-order chi connectivity index (χ1) is 8.33. The Hall–Kier alpha value is -1.74. The molecular formula is C14H10BrNO. The Morgan fingerprint density at radius 1 is 1.00 bits per heavy atom. The molecule has 2 aromatic carbocycles. The van der Waals surface area contributed by atoms with E-state index in [1.165, 1.54) is 0 Å². The van der Waals surface area contributed by atoms with Crippen molar-refractivity contribution in [2.45, 2.75) is 0 Å². The van der Waals surface area contributed by atoms with Crippen molar-refractivity contribution in [1.82, 2.24) is 4.98 Å². The van der Waals surface area contributed by atoms with Crippen molar-refractivity contribution < 1.29 is 4.74 Å². The molecule has 0 unspecified atom stereocenters. The van der Waals surface area contributed by atoms with Gasteiger partial charge in [0.25, 0.3) is 0 Å². The predicted molar refractivity (Wildman–Crippen MR) is 72.5 cm³/mol. The Morgan fingerprint density at radius 3 is 2.65 bits per heavy atom. The van der Waals surface area contributed by atoms with Gasteiger partial charge in [-0.2, -0.15) is 0 Å². The van der Waals surface area contributed by atoms with Crippen molar-refractivity contribution in [2.75, 3.05) is 0 Å². The van der Waals surface area contributed by atoms with Gasteiger partial charge in [0.1, 0.15) is 5.75 Å². The van der Waals surface area contributed by atoms with Gasteiger partial charge >= 0.3 is 0 Å². The van der Waals surface area contributed by atoms with Crippen LogP contribution in [0.5, 0.6) is 11.5 Å². The van der Waals surface area contributed by atoms with E-state index < -0.39 is 0 Å². The summed E-state index contributed by atoms with van der Waals surface area (Å²) in [6.45, 7) is 0. The zero-order chi connectivity index (χ0) is 11.7. The second-order valence-electron chi connectivity index (χ2n) is 3.76. The van der Waals surface area contributed by atoms with Gasteiger partial charge in [-0.25, -0.2) is 0 Å². The summed E-state index contributed by atoms with van der Waals surface area (Å²) in [6, 6.07) is 15.8. The third-order valence-electron chi connectivity index (χ3n) is 2.58. The summed E-state index contributed by atoms with van der Waals surface area (Å²) in [5.74, 6) is 1.68. The molecule has 0 aliphatic rings. The van der Waals surface area contributed by atoms with Gasteiger partial charge in [-0.3, -0.25) is 0 Å². The zero-order valence-electron chi connectivity index (χ0n) is 8.98. The highest BCUT2D eigenvalue weighted by Gasteiger charge is 2.05. The van der Waals surface area contributed by atoms with Crippen LogP contribution < -0.4 is 4.74 Å². The van der Waals surface area contributed by atoms with Gasteiger partial charge in [0.15, 0.2) is 5.75 Å². The summed E-state index contributed by atoms with van der Waals surface area (Å²) in [5.41, 5.74) is 1.07. The molecule has 3 aromatic rings. The molecule has 0 saturated carbocycles. The molecule has 17 heavy (non-hydrogen) atoms. The van der Waals surface area contributed by atoms with E-state index in [-0.39, 0.29) is 0 Å². The van der Waals surface area contributed by atoms with Crippen LogP contribution in [-0.2, 0) is 0 Å². The molecule has 0 amide bonds. The summed E-state index contributed by atoms with van der Waals surface area (Å²) in [7, 11) is 0. The van der Waals surface area contributed by atoms with E-state index in [2.05, 4.69) is 20.9 Å². The van der Waals surface area contributed by atoms with Crippen molar-refractivity contribution in [3.8, 4) is 11.5 Å². The van der Waals surface area contributed by atoms with Gasteiger partial charge in [0.2, 0.25) is 0 Å². The number of nitrogens with one attached hydrogen (secondary N) is 1. The number of H-pyrrole nitrogens is 1. The lowest BCUT2D eigenvalue weighted by molar-refractivity contribution is 0.488. The molecule has 0 bridgehead atoms. The highest BCUT2D eigenvalue weighted by atomic mass is 79.9. The maximum atomic E-state index is 5.83. The summed E-state index contributed by atoms with van der Waals surface area (Å²) in [4.78, 5) is 3.19. The van der Waals surface area contributed by atoms with Gasteiger partial charge in [-0.1, -0.05) is 34.1 Å². The lowest BCUT2D eigenvalue weighted by Crippen LogP contribution is -1.81. The van der Waals surface area contributed by atoms with Crippen molar-refractivity contribution in [3.05, 3.63) is 59.2 Å². The standard InChI is InChI=1S/C14H10BrNO/c15-10-6-7-13-12(8-10)14(9-16-13)17-11-4-2-1-3-5-11/h1-9,16H. The molecule has 3 heteroatoms. The molecule has 0 fully saturated rings. The lowest BCUT2D eigenvalue weighted by atomic mass is 10.2. The first-order valence-corrected chi connectivity index (χ1v) is 6.12. The SMILES string of the molecule is Brc1ccc2[nH]cc(Oc3ccccc3)c2c1. The molecule has 1 aromatic heterocycles. The smallest absolute Gasteiger partial charge is 0.152 e. The van der Waals surface area contributed by atoms with E-state index in [1.807, 2.05) is 54.7 Å². The van der Waals surface area contributed by atoms with Crippen LogP contribution in [0.25, 0.3) is 10.9 Å². The van der Waals surface area contributed by atoms with E-state index in [9.17, 15) is 0 Å². The normalized spacial score (nSPS) is 10.6. The number of aromatic nitrogens is 1. The first kappa shape index (κ1) is 10.4. The molecule has 0 aliphatic carbocycles. The molecule has 1 N–H and O–H groups in total. The van der Waals surface area contributed by atoms with Crippen LogP contribution in [0.3, 0.4) is 0 Å². The molecule has 2 nitrogen and oxygen atoms in total. The summed E-state index contributed by atoms with van der Waals surface area (Å²) < 4.78 is 6.88. The molecule has 0 saturated heterocycles. The number of benzene rings is 2. The fourth-order valence-corrected chi connectivity index (χ4v) is 2.13. The largest absolute Gasteiger partial charge is 0.455 e. The third kappa shape index (κ3) is 2.06. The Morgan fingerprint density at radius 2 is 1.82 bits per heavy atom. The highest BCUT2D eigenvalue weighted by Crippen LogP contribution is 2.31. The van der Waals surface area contributed by atoms with E-state index >= 15 is 0 Å². The van der Waals surface area contributed by atoms with E-state index in [0.717, 1.165) is 26.9 Å². The van der Waals surface area contributed by atoms with Gasteiger partial charge in [0.05, 0.1) is 0 Å². The minimum absolute atomic E-state index is 0.840. The number of rotatable bonds is 2. The number of para-hydroxylation sites is 1. The zero-order valence-corrected chi connectivity index (χ0v) is 10.6. The van der Waals surface area contributed by atoms with Crippen LogP contribution >= 0.6 is 15.9 Å². The topological polar surface area (TPSA) is 25.0 Å². The lowest BCUT2D eigenvalue weighted by Gasteiger charge is -2.03. The third-order valence-corrected chi connectivity index (χ3v) is 3.07. The number of aromatic amines is 1. The van der Waals surface area contributed by atoms with Gasteiger partial charge in [0, 0.05) is 21.6 Å². The van der Waals surface area contributed by atoms with E-state index in [4.69, 9.17) is 4.74 Å². The Kier molecular flexibility index (Phi) is 2.61. The van der Waals surface area contributed by atoms with Crippen molar-refractivity contribution in [3.63, 3.8) is 0 Å². The van der Waals surface area contributed by atoms with Crippen LogP contribution in [0.15, 0.2) is 59.2 Å². The molecule has 0 aliphatic heterocycles. The van der Waals surface area contributed by atoms with Crippen LogP contribution in [0.1, 0.15) is 0 Å². The summed E-state index contributed by atoms with van der Waals surface area (Å²) >= 11 is 3.47. The Bertz CT molecular complexity index is 646. The second-order valence-corrected chi connectivity index (χ2v) is 4.67. The van der Waals surface area contributed by atoms with Crippen molar-refractivity contribution in [1.29, 1.82) is 0 Å². The molecule has 0 radical (unpaired) electrons. The minimum Gasteiger partial charge on any atom is -0.455 e. The highest BCUT2D eigenvalue weighted by molar-refractivity contribution is 9.10. The summed E-state index contributed by atoms with van der Waals surface area (Å²) in [5, 5.41) is 1.07. The minimum atomic E-state index is 0.840. The monoisotopic (exact) mass is 287 g/mol. The Labute approximate surface area is 107 Å². The average molecular weight is 288 g/mol. The number of halogens is 1. The fourth-order valence-electron chi connectivity index (χ4n) is 1.77. The van der Waals surface area contributed by atoms with Crippen molar-refractivity contribution in [2.24, 2.45) is 0 Å². The second kappa shape index (κ2) is 4.26. The molecule has 3 rings (SSSR count). The van der Waals surface area contributed by atoms with Crippen LogP contribution in [-0.4, -0.2) is 4.98 Å². The van der Waals surface area contributed by atoms with Crippen LogP contribution in [0.4, 0.5) is 0 Å². The van der Waals surface area contributed by atoms with Gasteiger partial charge in [-0.15, -0.1) is 0 Å². The number of hydrogen-bond acceptors (Lipinski definition) is 1. The molecular weight excluding hydrogens is 278 g/mol. The van der Waals surface area contributed by atoms with Crippen LogP contribution in [0, 0.1) is 0 Å². The van der Waals surface area contributed by atoms with Crippen LogP contribution in [0.2, 0.25) is 0 Å². The molecule has 1 heterocycles. The van der Waals surface area contributed by atoms with Crippen molar-refractivity contribution >= 4 is 26.8 Å². The number of ether oxygens (including phenoxy) is 1. The molecule has 0 spiro atoms. The summed E-state index contributed by atoms with van der Waals surface area (Å²) in [6.07, 6.45) is 1.88. The van der Waals surface area contributed by atoms with Gasteiger partial charge in [-0.05, 0) is 30.3 Å². The first-order valence-electron chi connectivity index (χ1n) is 5.32. The molecule has 0 atom stereocenters. The predicted octanol–water partition coefficient (Wildman–Crippen LogP) is 4.72. The number of fused-ring (bicyclic) bond motifs is 1. The quantitative estimate of drug-likeness (QED) is 0.725. The van der Waals surface area contributed by atoms with E-state index in [0.29, 0.717) is 0 Å². The average Bonchev–Trinajstić information content (AvgIpc) is 2.73. The fraction of sp³-hybridized carbons (Fsp3) is 0. The van der Waals surface area contributed by atoms with E-state index in [1.54, 1.807) is 0 Å². The maximum Gasteiger partial charge on any atom is 0.152 e. The van der Waals surface area contributed by atoms with Gasteiger partial charge < -0.3 is 9.72 Å². The molecule has 84 valence electrons. The number of hydrogen-bond donors (Lipinski definition) is 1.